The van der Waals surface area contributed by atoms with Crippen LogP contribution in [0, 0.1) is 0 Å². The minimum atomic E-state index is -0.232. The average molecular weight is 503 g/mol. The molecule has 8 heteroatoms. The molecule has 0 aliphatic carbocycles. The number of nitrogen functional groups attached to an aromatic ring is 1. The first-order valence-corrected chi connectivity index (χ1v) is 12.5. The van der Waals surface area contributed by atoms with Gasteiger partial charge in [-0.15, -0.1) is 0 Å². The number of nitrogens with two attached hydrogens (primary N) is 1. The molecule has 4 N–H and O–H groups in total. The summed E-state index contributed by atoms with van der Waals surface area (Å²) in [5.74, 6) is -0.232. The van der Waals surface area contributed by atoms with Crippen molar-refractivity contribution >= 4 is 34.7 Å². The third-order valence-corrected chi connectivity index (χ3v) is 6.00. The van der Waals surface area contributed by atoms with E-state index in [4.69, 9.17) is 5.73 Å². The van der Waals surface area contributed by atoms with Gasteiger partial charge in [-0.05, 0) is 87.6 Å². The number of nitrogens with one attached hydrogen (secondary N) is 2. The van der Waals surface area contributed by atoms with Crippen LogP contribution in [0.4, 0.5) is 27.5 Å². The summed E-state index contributed by atoms with van der Waals surface area (Å²) in [5, 5.41) is 5.86. The molecule has 3 aromatic rings. The molecule has 0 saturated heterocycles. The van der Waals surface area contributed by atoms with Crippen molar-refractivity contribution in [3.8, 4) is 0 Å². The summed E-state index contributed by atoms with van der Waals surface area (Å²) in [6, 6.07) is 22.1. The molecule has 196 valence electrons. The highest BCUT2D eigenvalue weighted by atomic mass is 16.2. The predicted octanol–water partition coefficient (Wildman–Crippen LogP) is 4.96. The van der Waals surface area contributed by atoms with Crippen LogP contribution in [0.2, 0.25) is 0 Å². The van der Waals surface area contributed by atoms with Crippen molar-refractivity contribution in [3.63, 3.8) is 0 Å². The Balaban J connectivity index is 1.66. The minimum Gasteiger partial charge on any atom is -0.397 e. The maximum Gasteiger partial charge on any atom is 0.322 e. The number of benzene rings is 3. The van der Waals surface area contributed by atoms with Crippen molar-refractivity contribution in [2.75, 3.05) is 62.5 Å². The zero-order valence-electron chi connectivity index (χ0n) is 22.2. The van der Waals surface area contributed by atoms with E-state index in [-0.39, 0.29) is 11.9 Å². The minimum absolute atomic E-state index is 0.149. The van der Waals surface area contributed by atoms with Gasteiger partial charge in [-0.2, -0.15) is 0 Å². The number of unbranched alkanes of at least 4 members (excludes halogenated alkanes) is 1. The number of para-hydroxylation sites is 2. The number of carbonyl (C=O) groups excluding carboxylic acids is 2. The molecule has 0 spiro atoms. The Hall–Kier alpha value is -4.04. The van der Waals surface area contributed by atoms with Crippen LogP contribution in [0.25, 0.3) is 0 Å². The van der Waals surface area contributed by atoms with Crippen LogP contribution >= 0.6 is 0 Å². The Morgan fingerprint density at radius 2 is 1.43 bits per heavy atom. The van der Waals surface area contributed by atoms with Gasteiger partial charge in [0.1, 0.15) is 0 Å². The highest BCUT2D eigenvalue weighted by Crippen LogP contribution is 2.19. The molecule has 0 heterocycles. The molecule has 0 atom stereocenters. The molecule has 0 radical (unpaired) electrons. The summed E-state index contributed by atoms with van der Waals surface area (Å²) in [6.45, 7) is 2.04. The number of nitrogens with zero attached hydrogens (tertiary/aromatic N) is 3. The fourth-order valence-corrected chi connectivity index (χ4v) is 3.82. The van der Waals surface area contributed by atoms with E-state index in [1.54, 1.807) is 24.3 Å². The molecule has 0 bridgehead atoms. The second-order valence-electron chi connectivity index (χ2n) is 9.54. The van der Waals surface area contributed by atoms with Gasteiger partial charge >= 0.3 is 6.03 Å². The summed E-state index contributed by atoms with van der Waals surface area (Å²) in [6.07, 6.45) is 1.89. The van der Waals surface area contributed by atoms with Gasteiger partial charge in [0.25, 0.3) is 5.91 Å². The van der Waals surface area contributed by atoms with E-state index >= 15 is 0 Å². The van der Waals surface area contributed by atoms with Crippen molar-refractivity contribution in [3.05, 3.63) is 83.9 Å². The third kappa shape index (κ3) is 8.54. The zero-order chi connectivity index (χ0) is 26.8. The fraction of sp³-hybridized carbons (Fsp3) is 0.310. The lowest BCUT2D eigenvalue weighted by molar-refractivity contribution is 0.102. The standard InChI is InChI=1S/C29H38N6O2/c1-33(2)19-7-8-20-35(29(37)31-24-15-17-25(18-16-24)34(3)4)21-22-11-13-23(14-12-22)28(36)32-27-10-6-5-9-26(27)30/h5-6,9-18H,7-8,19-21,30H2,1-4H3,(H,31,37)(H,32,36). The largest absolute Gasteiger partial charge is 0.397 e. The Labute approximate surface area is 220 Å². The lowest BCUT2D eigenvalue weighted by Gasteiger charge is -2.24. The molecule has 0 aliphatic rings. The van der Waals surface area contributed by atoms with Crippen molar-refractivity contribution in [2.24, 2.45) is 0 Å². The molecule has 8 nitrogen and oxygen atoms in total. The molecule has 0 saturated carbocycles. The molecule has 0 unspecified atom stereocenters. The van der Waals surface area contributed by atoms with Crippen LogP contribution in [0.5, 0.6) is 0 Å². The number of urea groups is 1. The Bertz CT molecular complexity index is 1160. The van der Waals surface area contributed by atoms with Crippen molar-refractivity contribution in [1.82, 2.24) is 9.80 Å². The second kappa shape index (κ2) is 13.3. The van der Waals surface area contributed by atoms with E-state index in [1.807, 2.05) is 86.5 Å². The predicted molar refractivity (Wildman–Crippen MR) is 153 cm³/mol. The monoisotopic (exact) mass is 502 g/mol. The molecular weight excluding hydrogens is 464 g/mol. The van der Waals surface area contributed by atoms with Crippen LogP contribution in [0.1, 0.15) is 28.8 Å². The van der Waals surface area contributed by atoms with Gasteiger partial charge in [0.2, 0.25) is 0 Å². The van der Waals surface area contributed by atoms with E-state index < -0.39 is 0 Å². The quantitative estimate of drug-likeness (QED) is 0.254. The van der Waals surface area contributed by atoms with E-state index in [0.717, 1.165) is 36.3 Å². The average Bonchev–Trinajstić information content (AvgIpc) is 2.87. The number of amides is 3. The summed E-state index contributed by atoms with van der Waals surface area (Å²) in [5.41, 5.74) is 10.3. The van der Waals surface area contributed by atoms with Gasteiger partial charge < -0.3 is 31.1 Å². The van der Waals surface area contributed by atoms with Crippen molar-refractivity contribution in [2.45, 2.75) is 19.4 Å². The highest BCUT2D eigenvalue weighted by Gasteiger charge is 2.15. The lowest BCUT2D eigenvalue weighted by Crippen LogP contribution is -2.35. The van der Waals surface area contributed by atoms with Crippen LogP contribution in [0.3, 0.4) is 0 Å². The highest BCUT2D eigenvalue weighted by molar-refractivity contribution is 6.05. The van der Waals surface area contributed by atoms with Crippen LogP contribution in [-0.2, 0) is 6.54 Å². The van der Waals surface area contributed by atoms with E-state index in [2.05, 4.69) is 15.5 Å². The summed E-state index contributed by atoms with van der Waals surface area (Å²) in [7, 11) is 8.06. The van der Waals surface area contributed by atoms with Crippen molar-refractivity contribution in [1.29, 1.82) is 0 Å². The van der Waals surface area contributed by atoms with E-state index in [9.17, 15) is 9.59 Å². The third-order valence-electron chi connectivity index (χ3n) is 6.00. The fourth-order valence-electron chi connectivity index (χ4n) is 3.82. The Morgan fingerprint density at radius 1 is 0.784 bits per heavy atom. The molecule has 3 rings (SSSR count). The molecule has 0 aromatic heterocycles. The van der Waals surface area contributed by atoms with Crippen LogP contribution in [0.15, 0.2) is 72.8 Å². The van der Waals surface area contributed by atoms with Gasteiger partial charge in [0.05, 0.1) is 11.4 Å². The van der Waals surface area contributed by atoms with Gasteiger partial charge in [0, 0.05) is 44.1 Å². The molecular formula is C29H38N6O2. The summed E-state index contributed by atoms with van der Waals surface area (Å²) < 4.78 is 0. The summed E-state index contributed by atoms with van der Waals surface area (Å²) in [4.78, 5) is 31.8. The molecule has 3 aromatic carbocycles. The first-order chi connectivity index (χ1) is 17.7. The first-order valence-electron chi connectivity index (χ1n) is 12.5. The normalized spacial score (nSPS) is 10.7. The van der Waals surface area contributed by atoms with Crippen molar-refractivity contribution < 1.29 is 9.59 Å². The van der Waals surface area contributed by atoms with Gasteiger partial charge in [0.15, 0.2) is 0 Å². The Kier molecular flexibility index (Phi) is 9.92. The molecule has 37 heavy (non-hydrogen) atoms. The number of rotatable bonds is 11. The number of anilines is 4. The maximum absolute atomic E-state index is 13.2. The molecule has 0 aliphatic heterocycles. The second-order valence-corrected chi connectivity index (χ2v) is 9.54. The number of carbonyl (C=O) groups is 2. The molecule has 3 amide bonds. The van der Waals surface area contributed by atoms with E-state index in [0.29, 0.717) is 30.0 Å². The van der Waals surface area contributed by atoms with Gasteiger partial charge in [-0.3, -0.25) is 4.79 Å². The topological polar surface area (TPSA) is 93.9 Å². The maximum atomic E-state index is 13.2. The molecule has 0 fully saturated rings. The van der Waals surface area contributed by atoms with E-state index in [1.165, 1.54) is 0 Å². The number of hydrogen-bond acceptors (Lipinski definition) is 5. The van der Waals surface area contributed by atoms with Gasteiger partial charge in [-0.25, -0.2) is 4.79 Å². The Morgan fingerprint density at radius 3 is 2.05 bits per heavy atom. The SMILES string of the molecule is CN(C)CCCCN(Cc1ccc(C(=O)Nc2ccccc2N)cc1)C(=O)Nc1ccc(N(C)C)cc1. The lowest BCUT2D eigenvalue weighted by atomic mass is 10.1. The number of hydrogen-bond donors (Lipinski definition) is 3. The smallest absolute Gasteiger partial charge is 0.322 e. The zero-order valence-corrected chi connectivity index (χ0v) is 22.2. The van der Waals surface area contributed by atoms with Crippen LogP contribution < -0.4 is 21.3 Å². The van der Waals surface area contributed by atoms with Gasteiger partial charge in [-0.1, -0.05) is 24.3 Å². The summed E-state index contributed by atoms with van der Waals surface area (Å²) >= 11 is 0. The first kappa shape index (κ1) is 27.5. The van der Waals surface area contributed by atoms with Crippen LogP contribution in [-0.4, -0.2) is 63.0 Å².